The van der Waals surface area contributed by atoms with Crippen LogP contribution in [0.1, 0.15) is 13.8 Å². The number of allylic oxidation sites excluding steroid dienone is 1. The van der Waals surface area contributed by atoms with E-state index in [9.17, 15) is 9.59 Å². The van der Waals surface area contributed by atoms with Gasteiger partial charge in [-0.3, -0.25) is 9.59 Å². The number of ether oxygens (including phenoxy) is 1. The first-order chi connectivity index (χ1) is 8.69. The molecule has 18 heavy (non-hydrogen) atoms. The highest BCUT2D eigenvalue weighted by molar-refractivity contribution is 5.96. The van der Waals surface area contributed by atoms with Gasteiger partial charge in [0.1, 0.15) is 0 Å². The van der Waals surface area contributed by atoms with Crippen molar-refractivity contribution in [2.75, 3.05) is 26.3 Å². The molecule has 1 aliphatic rings. The molecule has 1 rings (SSSR count). The van der Waals surface area contributed by atoms with Crippen LogP contribution >= 0.6 is 0 Å². The molecule has 1 aliphatic heterocycles. The number of rotatable bonds is 4. The summed E-state index contributed by atoms with van der Waals surface area (Å²) < 4.78 is 5.40. The van der Waals surface area contributed by atoms with E-state index in [1.54, 1.807) is 17.1 Å². The van der Waals surface area contributed by atoms with Gasteiger partial charge in [0.05, 0.1) is 18.8 Å². The van der Waals surface area contributed by atoms with E-state index in [0.717, 1.165) is 0 Å². The van der Waals surface area contributed by atoms with Crippen molar-refractivity contribution in [1.82, 2.24) is 10.2 Å². The summed E-state index contributed by atoms with van der Waals surface area (Å²) in [6.07, 6.45) is 5.43. The smallest absolute Gasteiger partial charge is 0.255 e. The van der Waals surface area contributed by atoms with Gasteiger partial charge in [-0.15, -0.1) is 0 Å². The van der Waals surface area contributed by atoms with E-state index in [-0.39, 0.29) is 5.91 Å². The SMILES string of the molecule is C/C=C\C(=C/NC=O)C(=O)N1CCOCC(C)C1. The van der Waals surface area contributed by atoms with Crippen molar-refractivity contribution < 1.29 is 14.3 Å². The summed E-state index contributed by atoms with van der Waals surface area (Å²) in [6.45, 7) is 6.37. The predicted molar refractivity (Wildman–Crippen MR) is 68.7 cm³/mol. The summed E-state index contributed by atoms with van der Waals surface area (Å²) in [7, 11) is 0. The van der Waals surface area contributed by atoms with Crippen LogP contribution in [0.25, 0.3) is 0 Å². The van der Waals surface area contributed by atoms with Gasteiger partial charge in [-0.1, -0.05) is 19.1 Å². The summed E-state index contributed by atoms with van der Waals surface area (Å²) in [5.74, 6) is 0.238. The van der Waals surface area contributed by atoms with Gasteiger partial charge in [0.25, 0.3) is 5.91 Å². The maximum Gasteiger partial charge on any atom is 0.255 e. The van der Waals surface area contributed by atoms with Crippen molar-refractivity contribution in [2.24, 2.45) is 5.92 Å². The van der Waals surface area contributed by atoms with Gasteiger partial charge in [0, 0.05) is 19.3 Å². The number of hydrogen-bond donors (Lipinski definition) is 1. The van der Waals surface area contributed by atoms with Crippen LogP contribution in [0.3, 0.4) is 0 Å². The van der Waals surface area contributed by atoms with Gasteiger partial charge in [0.2, 0.25) is 6.41 Å². The molecule has 0 spiro atoms. The Morgan fingerprint density at radius 3 is 2.94 bits per heavy atom. The molecule has 5 nitrogen and oxygen atoms in total. The molecule has 1 unspecified atom stereocenters. The molecule has 100 valence electrons. The third-order valence-corrected chi connectivity index (χ3v) is 2.63. The summed E-state index contributed by atoms with van der Waals surface area (Å²) >= 11 is 0. The molecule has 1 heterocycles. The Hall–Kier alpha value is -1.62. The van der Waals surface area contributed by atoms with Gasteiger partial charge < -0.3 is 15.0 Å². The molecule has 1 saturated heterocycles. The molecule has 5 heteroatoms. The molecule has 1 atom stereocenters. The minimum Gasteiger partial charge on any atom is -0.379 e. The Bertz CT molecular complexity index is 350. The molecule has 0 aliphatic carbocycles. The second kappa shape index (κ2) is 7.66. The van der Waals surface area contributed by atoms with Crippen LogP contribution in [0.15, 0.2) is 23.9 Å². The average molecular weight is 252 g/mol. The molecule has 2 amide bonds. The van der Waals surface area contributed by atoms with Crippen molar-refractivity contribution in [3.05, 3.63) is 23.9 Å². The van der Waals surface area contributed by atoms with E-state index in [4.69, 9.17) is 4.74 Å². The average Bonchev–Trinajstić information content (AvgIpc) is 2.58. The number of nitrogens with one attached hydrogen (secondary N) is 1. The van der Waals surface area contributed by atoms with E-state index < -0.39 is 0 Å². The lowest BCUT2D eigenvalue weighted by Gasteiger charge is -2.22. The zero-order valence-electron chi connectivity index (χ0n) is 10.9. The molecule has 0 bridgehead atoms. The lowest BCUT2D eigenvalue weighted by Crippen LogP contribution is -2.36. The van der Waals surface area contributed by atoms with E-state index in [0.29, 0.717) is 44.2 Å². The van der Waals surface area contributed by atoms with E-state index >= 15 is 0 Å². The van der Waals surface area contributed by atoms with Gasteiger partial charge in [0.15, 0.2) is 0 Å². The van der Waals surface area contributed by atoms with Crippen LogP contribution < -0.4 is 5.32 Å². The lowest BCUT2D eigenvalue weighted by atomic mass is 10.1. The van der Waals surface area contributed by atoms with Crippen molar-refractivity contribution >= 4 is 12.3 Å². The highest BCUT2D eigenvalue weighted by Gasteiger charge is 2.21. The van der Waals surface area contributed by atoms with Crippen molar-refractivity contribution in [1.29, 1.82) is 0 Å². The minimum absolute atomic E-state index is 0.0835. The zero-order valence-corrected chi connectivity index (χ0v) is 10.9. The van der Waals surface area contributed by atoms with E-state index in [1.165, 1.54) is 6.20 Å². The van der Waals surface area contributed by atoms with Crippen molar-refractivity contribution in [3.8, 4) is 0 Å². The fourth-order valence-electron chi connectivity index (χ4n) is 1.83. The molecular weight excluding hydrogens is 232 g/mol. The highest BCUT2D eigenvalue weighted by atomic mass is 16.5. The Morgan fingerprint density at radius 1 is 1.50 bits per heavy atom. The quantitative estimate of drug-likeness (QED) is 0.455. The number of nitrogens with zero attached hydrogens (tertiary/aromatic N) is 1. The molecule has 1 N–H and O–H groups in total. The van der Waals surface area contributed by atoms with Crippen LogP contribution in [-0.4, -0.2) is 43.5 Å². The van der Waals surface area contributed by atoms with Crippen LogP contribution in [0, 0.1) is 5.92 Å². The topological polar surface area (TPSA) is 58.6 Å². The van der Waals surface area contributed by atoms with E-state index in [1.807, 2.05) is 13.8 Å². The number of amides is 2. The molecule has 0 aromatic carbocycles. The Morgan fingerprint density at radius 2 is 2.28 bits per heavy atom. The molecule has 1 fully saturated rings. The number of carbonyl (C=O) groups is 2. The van der Waals surface area contributed by atoms with Gasteiger partial charge >= 0.3 is 0 Å². The third-order valence-electron chi connectivity index (χ3n) is 2.63. The van der Waals surface area contributed by atoms with Gasteiger partial charge in [-0.05, 0) is 12.8 Å². The number of carbonyl (C=O) groups excluding carboxylic acids is 2. The molecule has 0 aromatic heterocycles. The largest absolute Gasteiger partial charge is 0.379 e. The second-order valence-corrected chi connectivity index (χ2v) is 4.32. The lowest BCUT2D eigenvalue weighted by molar-refractivity contribution is -0.127. The van der Waals surface area contributed by atoms with Gasteiger partial charge in [-0.2, -0.15) is 0 Å². The van der Waals surface area contributed by atoms with Crippen LogP contribution in [0.5, 0.6) is 0 Å². The molecule has 0 aromatic rings. The van der Waals surface area contributed by atoms with Crippen molar-refractivity contribution in [3.63, 3.8) is 0 Å². The first-order valence-corrected chi connectivity index (χ1v) is 6.08. The van der Waals surface area contributed by atoms with Crippen LogP contribution in [0.4, 0.5) is 0 Å². The highest BCUT2D eigenvalue weighted by Crippen LogP contribution is 2.10. The van der Waals surface area contributed by atoms with E-state index in [2.05, 4.69) is 5.32 Å². The second-order valence-electron chi connectivity index (χ2n) is 4.32. The molecular formula is C13H20N2O3. The molecule has 0 radical (unpaired) electrons. The maximum atomic E-state index is 12.3. The summed E-state index contributed by atoms with van der Waals surface area (Å²) in [6, 6.07) is 0. The Balaban J connectivity index is 2.77. The zero-order chi connectivity index (χ0) is 13.4. The van der Waals surface area contributed by atoms with Crippen molar-refractivity contribution in [2.45, 2.75) is 13.8 Å². The normalized spacial score (nSPS) is 21.8. The monoisotopic (exact) mass is 252 g/mol. The minimum atomic E-state index is -0.0835. The fourth-order valence-corrected chi connectivity index (χ4v) is 1.83. The van der Waals surface area contributed by atoms with Crippen LogP contribution in [-0.2, 0) is 14.3 Å². The summed E-state index contributed by atoms with van der Waals surface area (Å²) in [5, 5.41) is 2.41. The first-order valence-electron chi connectivity index (χ1n) is 6.08. The number of hydrogen-bond acceptors (Lipinski definition) is 3. The van der Waals surface area contributed by atoms with Gasteiger partial charge in [-0.25, -0.2) is 0 Å². The standard InChI is InChI=1S/C13H20N2O3/c1-3-4-12(7-14-10-16)13(17)15-5-6-18-9-11(2)8-15/h3-4,7,10-11H,5-6,8-9H2,1-2H3,(H,14,16)/b4-3-,12-7+. The Kier molecular flexibility index (Phi) is 6.14. The maximum absolute atomic E-state index is 12.3. The fraction of sp³-hybridized carbons (Fsp3) is 0.538. The molecule has 0 saturated carbocycles. The Labute approximate surface area is 107 Å². The third kappa shape index (κ3) is 4.33. The first kappa shape index (κ1) is 14.4. The van der Waals surface area contributed by atoms with Crippen LogP contribution in [0.2, 0.25) is 0 Å². The predicted octanol–water partition coefficient (Wildman–Crippen LogP) is 0.687. The summed E-state index contributed by atoms with van der Waals surface area (Å²) in [4.78, 5) is 24.3. The summed E-state index contributed by atoms with van der Waals surface area (Å²) in [5.41, 5.74) is 0.471.